The standard InChI is InChI=1S/C12H19N3O2S/c1-4-6-15(8-12(16)17-5-2)10-7-11(18-3)14-9-13-10/h7,9H,4-6,8H2,1-3H3. The SMILES string of the molecule is CCCN(CC(=O)OCC)c1cc(SC)ncn1. The van der Waals surface area contributed by atoms with E-state index < -0.39 is 0 Å². The molecular weight excluding hydrogens is 250 g/mol. The second kappa shape index (κ2) is 7.92. The summed E-state index contributed by atoms with van der Waals surface area (Å²) < 4.78 is 4.97. The van der Waals surface area contributed by atoms with Crippen molar-refractivity contribution < 1.29 is 9.53 Å². The zero-order valence-corrected chi connectivity index (χ0v) is 11.9. The molecule has 0 aliphatic carbocycles. The first-order valence-electron chi connectivity index (χ1n) is 5.97. The molecule has 0 aliphatic rings. The largest absolute Gasteiger partial charge is 0.465 e. The zero-order chi connectivity index (χ0) is 13.4. The average molecular weight is 269 g/mol. The minimum Gasteiger partial charge on any atom is -0.465 e. The first-order chi connectivity index (χ1) is 8.71. The zero-order valence-electron chi connectivity index (χ0n) is 11.0. The van der Waals surface area contributed by atoms with E-state index in [-0.39, 0.29) is 12.5 Å². The third kappa shape index (κ3) is 4.52. The van der Waals surface area contributed by atoms with Gasteiger partial charge in [0.05, 0.1) is 6.61 Å². The monoisotopic (exact) mass is 269 g/mol. The number of carbonyl (C=O) groups is 1. The van der Waals surface area contributed by atoms with Gasteiger partial charge in [0.1, 0.15) is 23.7 Å². The van der Waals surface area contributed by atoms with Crippen molar-refractivity contribution in [3.63, 3.8) is 0 Å². The van der Waals surface area contributed by atoms with Gasteiger partial charge in [-0.3, -0.25) is 4.79 Å². The van der Waals surface area contributed by atoms with E-state index in [2.05, 4.69) is 16.9 Å². The molecule has 0 fully saturated rings. The summed E-state index contributed by atoms with van der Waals surface area (Å²) >= 11 is 1.55. The van der Waals surface area contributed by atoms with Crippen LogP contribution in [-0.2, 0) is 9.53 Å². The van der Waals surface area contributed by atoms with Crippen molar-refractivity contribution in [2.24, 2.45) is 0 Å². The fraction of sp³-hybridized carbons (Fsp3) is 0.583. The van der Waals surface area contributed by atoms with Gasteiger partial charge in [-0.1, -0.05) is 6.92 Å². The number of thioether (sulfide) groups is 1. The number of hydrogen-bond acceptors (Lipinski definition) is 6. The molecule has 0 atom stereocenters. The van der Waals surface area contributed by atoms with Crippen LogP contribution in [0.5, 0.6) is 0 Å². The van der Waals surface area contributed by atoms with Gasteiger partial charge >= 0.3 is 5.97 Å². The van der Waals surface area contributed by atoms with Crippen LogP contribution in [0.1, 0.15) is 20.3 Å². The molecule has 0 spiro atoms. The predicted molar refractivity (Wildman–Crippen MR) is 73.0 cm³/mol. The maximum Gasteiger partial charge on any atom is 0.325 e. The molecule has 18 heavy (non-hydrogen) atoms. The van der Waals surface area contributed by atoms with Crippen molar-refractivity contribution in [1.29, 1.82) is 0 Å². The molecule has 1 aromatic rings. The number of nitrogens with zero attached hydrogens (tertiary/aromatic N) is 3. The lowest BCUT2D eigenvalue weighted by Gasteiger charge is -2.22. The van der Waals surface area contributed by atoms with Gasteiger partial charge in [0.2, 0.25) is 0 Å². The van der Waals surface area contributed by atoms with Crippen molar-refractivity contribution in [2.45, 2.75) is 25.3 Å². The molecule has 0 N–H and O–H groups in total. The molecule has 0 bridgehead atoms. The fourth-order valence-electron chi connectivity index (χ4n) is 1.52. The number of ether oxygens (including phenoxy) is 1. The molecule has 0 unspecified atom stereocenters. The van der Waals surface area contributed by atoms with E-state index >= 15 is 0 Å². The lowest BCUT2D eigenvalue weighted by Crippen LogP contribution is -2.32. The molecule has 0 radical (unpaired) electrons. The second-order valence-corrected chi connectivity index (χ2v) is 4.47. The summed E-state index contributed by atoms with van der Waals surface area (Å²) in [5.74, 6) is 0.541. The van der Waals surface area contributed by atoms with Crippen LogP contribution in [0.25, 0.3) is 0 Å². The Balaban J connectivity index is 2.79. The summed E-state index contributed by atoms with van der Waals surface area (Å²) in [6, 6.07) is 1.89. The van der Waals surface area contributed by atoms with Crippen molar-refractivity contribution in [3.05, 3.63) is 12.4 Å². The van der Waals surface area contributed by atoms with Gasteiger partial charge in [0, 0.05) is 12.6 Å². The highest BCUT2D eigenvalue weighted by atomic mass is 32.2. The molecule has 6 heteroatoms. The number of aromatic nitrogens is 2. The minimum absolute atomic E-state index is 0.227. The molecule has 1 aromatic heterocycles. The molecule has 1 rings (SSSR count). The third-order valence-corrected chi connectivity index (χ3v) is 2.92. The summed E-state index contributed by atoms with van der Waals surface area (Å²) in [5.41, 5.74) is 0. The van der Waals surface area contributed by atoms with E-state index in [9.17, 15) is 4.79 Å². The van der Waals surface area contributed by atoms with Crippen LogP contribution in [0.2, 0.25) is 0 Å². The van der Waals surface area contributed by atoms with E-state index in [1.807, 2.05) is 17.2 Å². The van der Waals surface area contributed by atoms with Crippen molar-refractivity contribution in [1.82, 2.24) is 9.97 Å². The molecule has 0 saturated carbocycles. The van der Waals surface area contributed by atoms with Crippen molar-refractivity contribution >= 4 is 23.5 Å². The molecule has 0 aromatic carbocycles. The van der Waals surface area contributed by atoms with Crippen molar-refractivity contribution in [2.75, 3.05) is 30.9 Å². The summed E-state index contributed by atoms with van der Waals surface area (Å²) in [5, 5.41) is 0.893. The quantitative estimate of drug-likeness (QED) is 0.428. The highest BCUT2D eigenvalue weighted by molar-refractivity contribution is 7.98. The Hall–Kier alpha value is -1.30. The molecule has 5 nitrogen and oxygen atoms in total. The van der Waals surface area contributed by atoms with Gasteiger partial charge in [0.15, 0.2) is 0 Å². The van der Waals surface area contributed by atoms with E-state index in [4.69, 9.17) is 4.74 Å². The van der Waals surface area contributed by atoms with Crippen LogP contribution in [0.3, 0.4) is 0 Å². The maximum atomic E-state index is 11.5. The minimum atomic E-state index is -0.227. The highest BCUT2D eigenvalue weighted by Crippen LogP contribution is 2.17. The Morgan fingerprint density at radius 2 is 2.22 bits per heavy atom. The van der Waals surface area contributed by atoms with Gasteiger partial charge in [0.25, 0.3) is 0 Å². The number of carbonyl (C=O) groups excluding carboxylic acids is 1. The summed E-state index contributed by atoms with van der Waals surface area (Å²) in [4.78, 5) is 21.8. The molecule has 0 aliphatic heterocycles. The Morgan fingerprint density at radius 1 is 1.44 bits per heavy atom. The molecular formula is C12H19N3O2S. The fourth-order valence-corrected chi connectivity index (χ4v) is 1.90. The van der Waals surface area contributed by atoms with Gasteiger partial charge in [-0.2, -0.15) is 0 Å². The number of anilines is 1. The van der Waals surface area contributed by atoms with Crippen LogP contribution < -0.4 is 4.90 Å². The first kappa shape index (κ1) is 14.8. The lowest BCUT2D eigenvalue weighted by molar-refractivity contribution is -0.141. The van der Waals surface area contributed by atoms with Crippen LogP contribution in [0, 0.1) is 0 Å². The van der Waals surface area contributed by atoms with Gasteiger partial charge in [-0.25, -0.2) is 9.97 Å². The third-order valence-electron chi connectivity index (χ3n) is 2.28. The van der Waals surface area contributed by atoms with Crippen LogP contribution >= 0.6 is 11.8 Å². The molecule has 0 saturated heterocycles. The van der Waals surface area contributed by atoms with E-state index in [1.165, 1.54) is 6.33 Å². The first-order valence-corrected chi connectivity index (χ1v) is 7.20. The average Bonchev–Trinajstić information content (AvgIpc) is 2.38. The highest BCUT2D eigenvalue weighted by Gasteiger charge is 2.13. The Kier molecular flexibility index (Phi) is 6.49. The van der Waals surface area contributed by atoms with Gasteiger partial charge in [-0.05, 0) is 19.6 Å². The Morgan fingerprint density at radius 3 is 2.83 bits per heavy atom. The number of rotatable bonds is 7. The van der Waals surface area contributed by atoms with Crippen LogP contribution in [-0.4, -0.2) is 41.9 Å². The predicted octanol–water partition coefficient (Wildman–Crippen LogP) is 1.98. The Labute approximate surface area is 112 Å². The number of hydrogen-bond donors (Lipinski definition) is 0. The summed E-state index contributed by atoms with van der Waals surface area (Å²) in [7, 11) is 0. The van der Waals surface area contributed by atoms with Crippen LogP contribution in [0.4, 0.5) is 5.82 Å². The number of esters is 1. The lowest BCUT2D eigenvalue weighted by atomic mass is 10.4. The molecule has 1 heterocycles. The smallest absolute Gasteiger partial charge is 0.325 e. The van der Waals surface area contributed by atoms with Crippen LogP contribution in [0.15, 0.2) is 17.4 Å². The molecule has 100 valence electrons. The summed E-state index contributed by atoms with van der Waals surface area (Å²) in [6.45, 7) is 5.27. The second-order valence-electron chi connectivity index (χ2n) is 3.65. The maximum absolute atomic E-state index is 11.5. The van der Waals surface area contributed by atoms with E-state index in [0.29, 0.717) is 6.61 Å². The van der Waals surface area contributed by atoms with Gasteiger partial charge < -0.3 is 9.64 Å². The van der Waals surface area contributed by atoms with E-state index in [1.54, 1.807) is 18.7 Å². The van der Waals surface area contributed by atoms with Gasteiger partial charge in [-0.15, -0.1) is 11.8 Å². The normalized spacial score (nSPS) is 10.2. The van der Waals surface area contributed by atoms with Crippen molar-refractivity contribution in [3.8, 4) is 0 Å². The summed E-state index contributed by atoms with van der Waals surface area (Å²) in [6.07, 6.45) is 4.43. The molecule has 0 amide bonds. The van der Waals surface area contributed by atoms with E-state index in [0.717, 1.165) is 23.8 Å². The topological polar surface area (TPSA) is 55.3 Å². The Bertz CT molecular complexity index is 387.